The number of aliphatic hydroxyl groups is 3. The number of rotatable bonds is 14. The van der Waals surface area contributed by atoms with Crippen LogP contribution in [0.3, 0.4) is 0 Å². The Labute approximate surface area is 269 Å². The number of nitrogens with zero attached hydrogens (tertiary/aromatic N) is 10. The molecule has 0 saturated carbocycles. The second kappa shape index (κ2) is 19.0. The van der Waals surface area contributed by atoms with Crippen LogP contribution in [-0.4, -0.2) is 92.1 Å². The highest BCUT2D eigenvalue weighted by Crippen LogP contribution is 2.25. The largest absolute Gasteiger partial charge is 0.478 e. The Morgan fingerprint density at radius 1 is 0.689 bits per heavy atom. The molecule has 3 N–H and O–H groups in total. The molecule has 4 rings (SSSR count). The van der Waals surface area contributed by atoms with Gasteiger partial charge in [0, 0.05) is 49.4 Å². The number of halogens is 1. The van der Waals surface area contributed by atoms with Crippen LogP contribution in [0.15, 0.2) is 36.7 Å². The highest BCUT2D eigenvalue weighted by molar-refractivity contribution is 6.29. The monoisotopic (exact) mass is 646 g/mol. The SMILES string of the molecule is CC(C)(CCO)CCO.CCn1nnc(-c2ccc(Cl)nc2)n1.CCn1nnc(-c2ccc(OCCC(C)(C)CCO)nc2)n1. The van der Waals surface area contributed by atoms with Crippen molar-refractivity contribution < 1.29 is 20.1 Å². The number of aliphatic hydroxyl groups excluding tert-OH is 3. The maximum absolute atomic E-state index is 9.00. The van der Waals surface area contributed by atoms with E-state index in [0.29, 0.717) is 42.4 Å². The Morgan fingerprint density at radius 3 is 1.53 bits per heavy atom. The number of hydrogen-bond acceptors (Lipinski definition) is 12. The van der Waals surface area contributed by atoms with Crippen molar-refractivity contribution in [3.8, 4) is 28.7 Å². The van der Waals surface area contributed by atoms with E-state index in [4.69, 9.17) is 31.7 Å². The zero-order valence-electron chi connectivity index (χ0n) is 27.1. The van der Waals surface area contributed by atoms with Gasteiger partial charge in [-0.15, -0.1) is 20.4 Å². The van der Waals surface area contributed by atoms with E-state index >= 15 is 0 Å². The van der Waals surface area contributed by atoms with Gasteiger partial charge >= 0.3 is 0 Å². The van der Waals surface area contributed by atoms with Gasteiger partial charge in [-0.2, -0.15) is 9.59 Å². The van der Waals surface area contributed by atoms with Crippen molar-refractivity contribution in [2.24, 2.45) is 10.8 Å². The van der Waals surface area contributed by atoms with E-state index in [0.717, 1.165) is 36.8 Å². The number of ether oxygens (including phenoxy) is 1. The van der Waals surface area contributed by atoms with E-state index in [1.54, 1.807) is 24.5 Å². The molecule has 0 aliphatic rings. The summed E-state index contributed by atoms with van der Waals surface area (Å²) in [5.41, 5.74) is 1.79. The Bertz CT molecular complexity index is 1350. The number of pyridine rings is 2. The van der Waals surface area contributed by atoms with Crippen LogP contribution in [0.2, 0.25) is 5.15 Å². The Balaban J connectivity index is 0.000000262. The molecule has 0 spiro atoms. The van der Waals surface area contributed by atoms with Gasteiger partial charge < -0.3 is 20.1 Å². The second-order valence-electron chi connectivity index (χ2n) is 11.7. The van der Waals surface area contributed by atoms with Gasteiger partial charge in [0.1, 0.15) is 5.15 Å². The first-order valence-electron chi connectivity index (χ1n) is 15.0. The Hall–Kier alpha value is -3.59. The summed E-state index contributed by atoms with van der Waals surface area (Å²) in [6.07, 6.45) is 6.48. The number of tetrazole rings is 2. The van der Waals surface area contributed by atoms with Crippen LogP contribution in [0.25, 0.3) is 22.8 Å². The van der Waals surface area contributed by atoms with Crippen molar-refractivity contribution >= 4 is 11.6 Å². The highest BCUT2D eigenvalue weighted by Gasteiger charge is 2.17. The zero-order valence-corrected chi connectivity index (χ0v) is 27.9. The van der Waals surface area contributed by atoms with Crippen molar-refractivity contribution in [2.45, 2.75) is 80.3 Å². The molecule has 0 aliphatic carbocycles. The minimum absolute atomic E-state index is 0.0667. The van der Waals surface area contributed by atoms with E-state index < -0.39 is 0 Å². The zero-order chi connectivity index (χ0) is 33.3. The van der Waals surface area contributed by atoms with Crippen LogP contribution in [0.5, 0.6) is 5.88 Å². The van der Waals surface area contributed by atoms with Gasteiger partial charge in [-0.1, -0.05) is 39.3 Å². The van der Waals surface area contributed by atoms with Crippen molar-refractivity contribution in [2.75, 3.05) is 26.4 Å². The molecule has 0 fully saturated rings. The lowest BCUT2D eigenvalue weighted by Gasteiger charge is -2.23. The molecule has 4 aromatic rings. The summed E-state index contributed by atoms with van der Waals surface area (Å²) >= 11 is 5.66. The number of aromatic nitrogens is 10. The van der Waals surface area contributed by atoms with Crippen LogP contribution < -0.4 is 4.74 Å². The fraction of sp³-hybridized carbons (Fsp3) is 0.600. The first kappa shape index (κ1) is 37.6. The predicted octanol–water partition coefficient (Wildman–Crippen LogP) is 4.12. The van der Waals surface area contributed by atoms with E-state index in [9.17, 15) is 0 Å². The molecule has 0 unspecified atom stereocenters. The summed E-state index contributed by atoms with van der Waals surface area (Å²) in [6.45, 7) is 14.8. The van der Waals surface area contributed by atoms with Crippen molar-refractivity contribution in [3.05, 3.63) is 41.8 Å². The van der Waals surface area contributed by atoms with E-state index in [2.05, 4.69) is 54.6 Å². The van der Waals surface area contributed by atoms with E-state index in [1.165, 1.54) is 9.59 Å². The van der Waals surface area contributed by atoms with Crippen LogP contribution in [0.4, 0.5) is 0 Å². The number of hydrogen-bond donors (Lipinski definition) is 3. The van der Waals surface area contributed by atoms with Gasteiger partial charge in [-0.3, -0.25) is 0 Å². The molecule has 0 aliphatic heterocycles. The first-order valence-corrected chi connectivity index (χ1v) is 15.4. The van der Waals surface area contributed by atoms with Crippen LogP contribution in [0, 0.1) is 10.8 Å². The van der Waals surface area contributed by atoms with Crippen LogP contribution in [-0.2, 0) is 13.1 Å². The number of aryl methyl sites for hydroxylation is 2. The summed E-state index contributed by atoms with van der Waals surface area (Å²) in [4.78, 5) is 11.3. The Kier molecular flexibility index (Phi) is 15.9. The molecule has 15 heteroatoms. The van der Waals surface area contributed by atoms with Crippen LogP contribution >= 0.6 is 11.6 Å². The minimum Gasteiger partial charge on any atom is -0.478 e. The minimum atomic E-state index is 0.0667. The van der Waals surface area contributed by atoms with Gasteiger partial charge in [0.25, 0.3) is 0 Å². The molecule has 4 heterocycles. The molecule has 248 valence electrons. The molecule has 0 aromatic carbocycles. The molecule has 0 atom stereocenters. The van der Waals surface area contributed by atoms with Crippen LogP contribution in [0.1, 0.15) is 67.2 Å². The summed E-state index contributed by atoms with van der Waals surface area (Å²) in [6, 6.07) is 7.19. The molecule has 45 heavy (non-hydrogen) atoms. The lowest BCUT2D eigenvalue weighted by molar-refractivity contribution is 0.164. The third kappa shape index (κ3) is 13.9. The predicted molar refractivity (Wildman–Crippen MR) is 171 cm³/mol. The fourth-order valence-electron chi connectivity index (χ4n) is 3.68. The highest BCUT2D eigenvalue weighted by atomic mass is 35.5. The summed E-state index contributed by atoms with van der Waals surface area (Å²) < 4.78 is 5.65. The quantitative estimate of drug-likeness (QED) is 0.167. The standard InChI is InChI=1S/C15H23N5O2.C8H8ClN5.C7H16O2/c1-4-20-18-14(17-19-20)12-5-6-13(16-11-12)22-10-8-15(2,3)7-9-21;1-2-14-12-8(11-13-14)6-3-4-7(9)10-5-6;1-7(2,3-5-8)4-6-9/h5-6,11,21H,4,7-10H2,1-3H3;3-5H,2H2,1H3;8-9H,3-6H2,1-2H3. The molecular formula is C30H47ClN10O4. The van der Waals surface area contributed by atoms with Gasteiger partial charge in [0.05, 0.1) is 19.7 Å². The van der Waals surface area contributed by atoms with Crippen molar-refractivity contribution in [3.63, 3.8) is 0 Å². The summed E-state index contributed by atoms with van der Waals surface area (Å²) in [5, 5.41) is 50.6. The molecule has 0 amide bonds. The second-order valence-corrected chi connectivity index (χ2v) is 12.1. The topological polar surface area (TPSA) is 183 Å². The van der Waals surface area contributed by atoms with E-state index in [1.807, 2.05) is 39.8 Å². The lowest BCUT2D eigenvalue weighted by atomic mass is 9.86. The first-order chi connectivity index (χ1) is 21.5. The Morgan fingerprint density at radius 2 is 1.16 bits per heavy atom. The molecule has 0 radical (unpaired) electrons. The maximum Gasteiger partial charge on any atom is 0.213 e. The summed E-state index contributed by atoms with van der Waals surface area (Å²) in [5.74, 6) is 1.70. The fourth-order valence-corrected chi connectivity index (χ4v) is 3.79. The van der Waals surface area contributed by atoms with Crippen molar-refractivity contribution in [1.82, 2.24) is 50.4 Å². The van der Waals surface area contributed by atoms with E-state index in [-0.39, 0.29) is 30.7 Å². The van der Waals surface area contributed by atoms with Gasteiger partial charge in [-0.25, -0.2) is 9.97 Å². The van der Waals surface area contributed by atoms with Gasteiger partial charge in [-0.05, 0) is 79.0 Å². The summed E-state index contributed by atoms with van der Waals surface area (Å²) in [7, 11) is 0. The molecule has 0 saturated heterocycles. The average molecular weight is 647 g/mol. The van der Waals surface area contributed by atoms with Crippen molar-refractivity contribution in [1.29, 1.82) is 0 Å². The molecule has 4 aromatic heterocycles. The third-order valence-corrected chi connectivity index (χ3v) is 7.07. The normalized spacial score (nSPS) is 11.3. The molecular weight excluding hydrogens is 600 g/mol. The third-order valence-electron chi connectivity index (χ3n) is 6.85. The molecule has 14 nitrogen and oxygen atoms in total. The van der Waals surface area contributed by atoms with Gasteiger partial charge in [0.2, 0.25) is 17.5 Å². The molecule has 0 bridgehead atoms. The average Bonchev–Trinajstić information content (AvgIpc) is 3.69. The maximum atomic E-state index is 9.00. The van der Waals surface area contributed by atoms with Gasteiger partial charge in [0.15, 0.2) is 0 Å². The lowest BCUT2D eigenvalue weighted by Crippen LogP contribution is -2.17. The smallest absolute Gasteiger partial charge is 0.213 e.